The minimum atomic E-state index is -4.66. The van der Waals surface area contributed by atoms with Crippen molar-refractivity contribution in [1.82, 2.24) is 4.98 Å². The number of furan rings is 1. The average molecular weight is 554 g/mol. The third kappa shape index (κ3) is 4.92. The number of carbonyl (C=O) groups is 2. The number of aromatic nitrogens is 1. The Morgan fingerprint density at radius 2 is 1.91 bits per heavy atom. The van der Waals surface area contributed by atoms with Crippen LogP contribution in [-0.2, 0) is 12.8 Å². The second kappa shape index (κ2) is 9.11. The maximum atomic E-state index is 13.1. The summed E-state index contributed by atoms with van der Waals surface area (Å²) in [7, 11) is 0. The number of nitrogens with two attached hydrogens (primary N) is 1. The van der Waals surface area contributed by atoms with Gasteiger partial charge in [0.15, 0.2) is 5.76 Å². The van der Waals surface area contributed by atoms with Crippen LogP contribution in [0.15, 0.2) is 51.4 Å². The molecule has 0 aliphatic carbocycles. The minimum Gasteiger partial charge on any atom is -0.486 e. The Labute approximate surface area is 202 Å². The topological polar surface area (TPSA) is 107 Å². The number of fused-ring (bicyclic) bond motifs is 1. The highest BCUT2D eigenvalue weighted by Crippen LogP contribution is 2.40. The molecule has 7 nitrogen and oxygen atoms in total. The number of halogens is 4. The second-order valence-corrected chi connectivity index (χ2v) is 9.05. The van der Waals surface area contributed by atoms with E-state index in [-0.39, 0.29) is 38.7 Å². The van der Waals surface area contributed by atoms with Crippen LogP contribution in [0.2, 0.25) is 0 Å². The average Bonchev–Trinajstić information content (AvgIpc) is 3.38. The number of pyridine rings is 1. The van der Waals surface area contributed by atoms with Crippen molar-refractivity contribution in [2.75, 3.05) is 5.32 Å². The molecule has 34 heavy (non-hydrogen) atoms. The molecule has 12 heteroatoms. The molecule has 3 heterocycles. The van der Waals surface area contributed by atoms with Crippen molar-refractivity contribution in [3.8, 4) is 5.75 Å². The van der Waals surface area contributed by atoms with E-state index in [4.69, 9.17) is 14.9 Å². The molecule has 3 N–H and O–H groups in total. The summed E-state index contributed by atoms with van der Waals surface area (Å²) in [5.41, 5.74) is 4.47. The van der Waals surface area contributed by atoms with Gasteiger partial charge in [-0.3, -0.25) is 9.59 Å². The zero-order valence-corrected chi connectivity index (χ0v) is 19.7. The van der Waals surface area contributed by atoms with Crippen LogP contribution in [-0.4, -0.2) is 16.8 Å². The predicted octanol–water partition coefficient (Wildman–Crippen LogP) is 5.91. The summed E-state index contributed by atoms with van der Waals surface area (Å²) < 4.78 is 51.4. The summed E-state index contributed by atoms with van der Waals surface area (Å²) in [6.07, 6.45) is -4.66. The third-order valence-electron chi connectivity index (χ3n) is 4.69. The van der Waals surface area contributed by atoms with Gasteiger partial charge in [-0.1, -0.05) is 15.9 Å². The molecule has 3 aromatic heterocycles. The van der Waals surface area contributed by atoms with E-state index in [1.807, 2.05) is 12.1 Å². The first-order chi connectivity index (χ1) is 16.0. The fourth-order valence-electron chi connectivity index (χ4n) is 3.16. The molecule has 0 fully saturated rings. The van der Waals surface area contributed by atoms with E-state index in [0.29, 0.717) is 22.8 Å². The standard InChI is InChI=1S/C22H15BrF3N3O4S/c1-10-8-15(22(24,25)26)28-21-16(10)17(18(34-21)19(27)30)29-20(31)14-7-6-13(33-14)9-32-12-4-2-11(23)3-5-12/h2-8H,9H2,1H3,(H2,27,30)(H,29,31). The first-order valence-corrected chi connectivity index (χ1v) is 11.2. The van der Waals surface area contributed by atoms with Crippen molar-refractivity contribution in [3.05, 3.63) is 74.6 Å². The lowest BCUT2D eigenvalue weighted by atomic mass is 10.1. The number of ether oxygens (including phenoxy) is 1. The fourth-order valence-corrected chi connectivity index (χ4v) is 4.48. The van der Waals surface area contributed by atoms with Gasteiger partial charge in [0.05, 0.1) is 5.69 Å². The van der Waals surface area contributed by atoms with Gasteiger partial charge in [-0.25, -0.2) is 4.98 Å². The second-order valence-electron chi connectivity index (χ2n) is 7.14. The van der Waals surface area contributed by atoms with E-state index in [1.165, 1.54) is 13.0 Å². The Balaban J connectivity index is 1.58. The summed E-state index contributed by atoms with van der Waals surface area (Å²) >= 11 is 4.00. The number of anilines is 1. The molecule has 0 radical (unpaired) electrons. The van der Waals surface area contributed by atoms with Crippen LogP contribution in [0.1, 0.15) is 37.2 Å². The molecule has 0 aliphatic rings. The van der Waals surface area contributed by atoms with E-state index in [9.17, 15) is 22.8 Å². The molecule has 176 valence electrons. The van der Waals surface area contributed by atoms with Crippen LogP contribution in [0, 0.1) is 6.92 Å². The number of nitrogens with zero attached hydrogens (tertiary/aromatic N) is 1. The molecule has 0 spiro atoms. The molecule has 0 saturated heterocycles. The van der Waals surface area contributed by atoms with Crippen LogP contribution in [0.3, 0.4) is 0 Å². The molecule has 0 atom stereocenters. The summed E-state index contributed by atoms with van der Waals surface area (Å²) in [6, 6.07) is 11.0. The first kappa shape index (κ1) is 23.8. The van der Waals surface area contributed by atoms with Gasteiger partial charge >= 0.3 is 6.18 Å². The Kier molecular flexibility index (Phi) is 6.36. The van der Waals surface area contributed by atoms with E-state index in [1.54, 1.807) is 18.2 Å². The molecule has 1 aromatic carbocycles. The number of hydrogen-bond donors (Lipinski definition) is 2. The zero-order chi connectivity index (χ0) is 24.6. The van der Waals surface area contributed by atoms with E-state index in [2.05, 4.69) is 26.2 Å². The minimum absolute atomic E-state index is 0.0136. The lowest BCUT2D eigenvalue weighted by molar-refractivity contribution is -0.141. The van der Waals surface area contributed by atoms with Gasteiger partial charge in [-0.05, 0) is 55.0 Å². The van der Waals surface area contributed by atoms with Gasteiger partial charge in [0, 0.05) is 9.86 Å². The SMILES string of the molecule is Cc1cc(C(F)(F)F)nc2sc(C(N)=O)c(NC(=O)c3ccc(COc4ccc(Br)cc4)o3)c12. The molecule has 0 unspecified atom stereocenters. The summed E-state index contributed by atoms with van der Waals surface area (Å²) in [5, 5.41) is 2.73. The Hall–Kier alpha value is -3.38. The number of hydrogen-bond acceptors (Lipinski definition) is 6. The lowest BCUT2D eigenvalue weighted by Crippen LogP contribution is -2.16. The summed E-state index contributed by atoms with van der Waals surface area (Å²) in [4.78, 5) is 28.1. The number of aryl methyl sites for hydroxylation is 1. The molecule has 4 aromatic rings. The Morgan fingerprint density at radius 3 is 2.56 bits per heavy atom. The van der Waals surface area contributed by atoms with Gasteiger partial charge in [0.1, 0.15) is 33.5 Å². The summed E-state index contributed by atoms with van der Waals surface area (Å²) in [5.74, 6) is -0.735. The van der Waals surface area contributed by atoms with Crippen molar-refractivity contribution in [1.29, 1.82) is 0 Å². The number of nitrogens with one attached hydrogen (secondary N) is 1. The Morgan fingerprint density at radius 1 is 1.21 bits per heavy atom. The Bertz CT molecular complexity index is 1400. The van der Waals surface area contributed by atoms with Crippen LogP contribution < -0.4 is 15.8 Å². The van der Waals surface area contributed by atoms with Crippen molar-refractivity contribution >= 4 is 55.0 Å². The zero-order valence-electron chi connectivity index (χ0n) is 17.3. The number of amides is 2. The van der Waals surface area contributed by atoms with E-state index < -0.39 is 23.7 Å². The maximum Gasteiger partial charge on any atom is 0.433 e. The number of primary amides is 1. The van der Waals surface area contributed by atoms with E-state index >= 15 is 0 Å². The number of benzene rings is 1. The molecule has 0 saturated carbocycles. The van der Waals surface area contributed by atoms with Gasteiger partial charge < -0.3 is 20.2 Å². The third-order valence-corrected chi connectivity index (χ3v) is 6.32. The highest BCUT2D eigenvalue weighted by Gasteiger charge is 2.34. The highest BCUT2D eigenvalue weighted by molar-refractivity contribution is 9.10. The summed E-state index contributed by atoms with van der Waals surface area (Å²) in [6.45, 7) is 1.49. The number of alkyl halides is 3. The van der Waals surface area contributed by atoms with Crippen LogP contribution in [0.25, 0.3) is 10.2 Å². The number of carbonyl (C=O) groups excluding carboxylic acids is 2. The molecule has 0 aliphatic heterocycles. The first-order valence-electron chi connectivity index (χ1n) is 9.62. The molecule has 2 amide bonds. The van der Waals surface area contributed by atoms with Crippen molar-refractivity contribution in [3.63, 3.8) is 0 Å². The highest BCUT2D eigenvalue weighted by atomic mass is 79.9. The van der Waals surface area contributed by atoms with Gasteiger partial charge in [-0.2, -0.15) is 13.2 Å². The maximum absolute atomic E-state index is 13.1. The molecular weight excluding hydrogens is 539 g/mol. The van der Waals surface area contributed by atoms with Crippen LogP contribution in [0.5, 0.6) is 5.75 Å². The molecule has 4 rings (SSSR count). The predicted molar refractivity (Wildman–Crippen MR) is 123 cm³/mol. The number of rotatable bonds is 6. The smallest absolute Gasteiger partial charge is 0.433 e. The van der Waals surface area contributed by atoms with Gasteiger partial charge in [0.2, 0.25) is 0 Å². The molecule has 0 bridgehead atoms. The van der Waals surface area contributed by atoms with Crippen molar-refractivity contribution < 1.29 is 31.9 Å². The van der Waals surface area contributed by atoms with Crippen molar-refractivity contribution in [2.24, 2.45) is 5.73 Å². The monoisotopic (exact) mass is 553 g/mol. The molecular formula is C22H15BrF3N3O4S. The van der Waals surface area contributed by atoms with Gasteiger partial charge in [-0.15, -0.1) is 11.3 Å². The van der Waals surface area contributed by atoms with Crippen LogP contribution in [0.4, 0.5) is 18.9 Å². The lowest BCUT2D eigenvalue weighted by Gasteiger charge is -2.09. The normalized spacial score (nSPS) is 11.6. The fraction of sp³-hybridized carbons (Fsp3) is 0.136. The quantitative estimate of drug-likeness (QED) is 0.308. The van der Waals surface area contributed by atoms with E-state index in [0.717, 1.165) is 10.5 Å². The van der Waals surface area contributed by atoms with Crippen molar-refractivity contribution in [2.45, 2.75) is 19.7 Å². The largest absolute Gasteiger partial charge is 0.486 e. The number of thiophene rings is 1. The van der Waals surface area contributed by atoms with Gasteiger partial charge in [0.25, 0.3) is 11.8 Å². The van der Waals surface area contributed by atoms with Crippen LogP contribution >= 0.6 is 27.3 Å².